The minimum absolute atomic E-state index is 0.108. The van der Waals surface area contributed by atoms with Gasteiger partial charge in [0, 0.05) is 32.1 Å². The number of hydrogen-bond acceptors (Lipinski definition) is 4. The Hall–Kier alpha value is -1.44. The third kappa shape index (κ3) is 4.28. The smallest absolute Gasteiger partial charge is 0.243 e. The molecule has 1 unspecified atom stereocenters. The summed E-state index contributed by atoms with van der Waals surface area (Å²) in [5.74, 6) is -0.108. The van der Waals surface area contributed by atoms with E-state index in [1.165, 1.54) is 4.31 Å². The Morgan fingerprint density at radius 2 is 1.86 bits per heavy atom. The van der Waals surface area contributed by atoms with Crippen LogP contribution in [0.1, 0.15) is 31.7 Å². The first-order chi connectivity index (χ1) is 10.4. The van der Waals surface area contributed by atoms with Crippen molar-refractivity contribution < 1.29 is 13.2 Å². The van der Waals surface area contributed by atoms with Crippen LogP contribution in [0, 0.1) is 0 Å². The summed E-state index contributed by atoms with van der Waals surface area (Å²) in [5, 5.41) is 2.76. The van der Waals surface area contributed by atoms with Gasteiger partial charge in [-0.25, -0.2) is 8.42 Å². The van der Waals surface area contributed by atoms with E-state index in [-0.39, 0.29) is 18.4 Å². The monoisotopic (exact) mass is 325 g/mol. The lowest BCUT2D eigenvalue weighted by Crippen LogP contribution is -2.29. The molecule has 0 aromatic heterocycles. The predicted molar refractivity (Wildman–Crippen MR) is 84.5 cm³/mol. The Morgan fingerprint density at radius 1 is 1.27 bits per heavy atom. The summed E-state index contributed by atoms with van der Waals surface area (Å²) in [6.07, 6.45) is 2.12. The van der Waals surface area contributed by atoms with Crippen molar-refractivity contribution in [3.8, 4) is 0 Å². The molecule has 6 nitrogen and oxygen atoms in total. The number of hydrogen-bond donors (Lipinski definition) is 2. The van der Waals surface area contributed by atoms with Crippen molar-refractivity contribution in [3.05, 3.63) is 29.8 Å². The Bertz CT molecular complexity index is 605. The van der Waals surface area contributed by atoms with E-state index in [0.29, 0.717) is 24.5 Å². The molecule has 1 aliphatic rings. The first kappa shape index (κ1) is 16.9. The van der Waals surface area contributed by atoms with Gasteiger partial charge in [-0.05, 0) is 37.5 Å². The van der Waals surface area contributed by atoms with Crippen LogP contribution in [0.25, 0.3) is 0 Å². The van der Waals surface area contributed by atoms with Crippen molar-refractivity contribution in [2.24, 2.45) is 5.73 Å². The number of nitrogens with one attached hydrogen (secondary N) is 1. The molecule has 1 aromatic rings. The number of amides is 1. The van der Waals surface area contributed by atoms with Gasteiger partial charge in [0.05, 0.1) is 4.90 Å². The highest BCUT2D eigenvalue weighted by Gasteiger charge is 2.26. The van der Waals surface area contributed by atoms with Gasteiger partial charge in [-0.3, -0.25) is 4.79 Å². The minimum Gasteiger partial charge on any atom is -0.352 e. The van der Waals surface area contributed by atoms with E-state index in [1.807, 2.05) is 0 Å². The summed E-state index contributed by atoms with van der Waals surface area (Å²) in [7, 11) is -3.37. The lowest BCUT2D eigenvalue weighted by atomic mass is 10.2. The van der Waals surface area contributed by atoms with E-state index >= 15 is 0 Å². The molecule has 1 saturated heterocycles. The van der Waals surface area contributed by atoms with Gasteiger partial charge in [-0.1, -0.05) is 12.1 Å². The quantitative estimate of drug-likeness (QED) is 0.810. The van der Waals surface area contributed by atoms with Crippen LogP contribution < -0.4 is 11.1 Å². The fourth-order valence-corrected chi connectivity index (χ4v) is 3.94. The first-order valence-corrected chi connectivity index (χ1v) is 8.95. The molecule has 7 heteroatoms. The molecule has 0 saturated carbocycles. The molecule has 122 valence electrons. The Kier molecular flexibility index (Phi) is 5.55. The summed E-state index contributed by atoms with van der Waals surface area (Å²) in [6, 6.07) is 6.49. The van der Waals surface area contributed by atoms with Gasteiger partial charge in [0.1, 0.15) is 0 Å². The lowest BCUT2D eigenvalue weighted by molar-refractivity contribution is -0.121. The molecule has 2 rings (SSSR count). The van der Waals surface area contributed by atoms with Crippen LogP contribution in [0.3, 0.4) is 0 Å². The van der Waals surface area contributed by atoms with E-state index < -0.39 is 10.0 Å². The molecular formula is C15H23N3O3S. The number of nitrogens with two attached hydrogens (primary N) is 1. The van der Waals surface area contributed by atoms with E-state index in [0.717, 1.165) is 18.4 Å². The Labute approximate surface area is 131 Å². The fraction of sp³-hybridized carbons (Fsp3) is 0.533. The van der Waals surface area contributed by atoms with Crippen molar-refractivity contribution in [1.82, 2.24) is 9.62 Å². The molecule has 1 aliphatic heterocycles. The zero-order valence-electron chi connectivity index (χ0n) is 12.8. The molecule has 1 atom stereocenters. The number of rotatable bonds is 6. The summed E-state index contributed by atoms with van der Waals surface area (Å²) in [4.78, 5) is 11.8. The molecule has 0 bridgehead atoms. The molecule has 22 heavy (non-hydrogen) atoms. The van der Waals surface area contributed by atoms with Gasteiger partial charge < -0.3 is 11.1 Å². The molecule has 1 fully saturated rings. The van der Waals surface area contributed by atoms with Gasteiger partial charge in [0.15, 0.2) is 0 Å². The zero-order chi connectivity index (χ0) is 16.2. The van der Waals surface area contributed by atoms with Crippen molar-refractivity contribution in [1.29, 1.82) is 0 Å². The van der Waals surface area contributed by atoms with Crippen LogP contribution in [-0.2, 0) is 21.4 Å². The highest BCUT2D eigenvalue weighted by atomic mass is 32.2. The molecule has 0 spiro atoms. The highest BCUT2D eigenvalue weighted by molar-refractivity contribution is 7.89. The number of carbonyl (C=O) groups excluding carboxylic acids is 1. The number of sulfonamides is 1. The number of carbonyl (C=O) groups is 1. The second-order valence-electron chi connectivity index (χ2n) is 5.71. The number of benzene rings is 1. The lowest BCUT2D eigenvalue weighted by Gasteiger charge is -2.15. The average molecular weight is 325 g/mol. The maximum Gasteiger partial charge on any atom is 0.243 e. The van der Waals surface area contributed by atoms with Crippen LogP contribution in [0.2, 0.25) is 0 Å². The standard InChI is InChI=1S/C15H23N3O3S/c1-12(16)10-15(19)17-11-13-4-6-14(7-5-13)22(20,21)18-8-2-3-9-18/h4-7,12H,2-3,8-11,16H2,1H3,(H,17,19). The van der Waals surface area contributed by atoms with Crippen LogP contribution in [0.5, 0.6) is 0 Å². The molecule has 1 heterocycles. The molecular weight excluding hydrogens is 302 g/mol. The van der Waals surface area contributed by atoms with E-state index in [4.69, 9.17) is 5.73 Å². The molecule has 3 N–H and O–H groups in total. The van der Waals surface area contributed by atoms with Gasteiger partial charge in [0.25, 0.3) is 0 Å². The van der Waals surface area contributed by atoms with E-state index in [9.17, 15) is 13.2 Å². The van der Waals surface area contributed by atoms with Crippen LogP contribution >= 0.6 is 0 Å². The first-order valence-electron chi connectivity index (χ1n) is 7.51. The molecule has 0 radical (unpaired) electrons. The second kappa shape index (κ2) is 7.21. The van der Waals surface area contributed by atoms with Crippen molar-refractivity contribution >= 4 is 15.9 Å². The molecule has 1 aromatic carbocycles. The topological polar surface area (TPSA) is 92.5 Å². The van der Waals surface area contributed by atoms with Gasteiger partial charge in [0.2, 0.25) is 15.9 Å². The summed E-state index contributed by atoms with van der Waals surface area (Å²) >= 11 is 0. The maximum absolute atomic E-state index is 12.4. The van der Waals surface area contributed by atoms with Gasteiger partial charge in [-0.2, -0.15) is 4.31 Å². The predicted octanol–water partition coefficient (Wildman–Crippen LogP) is 0.825. The average Bonchev–Trinajstić information content (AvgIpc) is 3.00. The van der Waals surface area contributed by atoms with Crippen molar-refractivity contribution in [2.45, 2.75) is 43.7 Å². The van der Waals surface area contributed by atoms with Crippen LogP contribution in [-0.4, -0.2) is 37.8 Å². The van der Waals surface area contributed by atoms with Crippen molar-refractivity contribution in [3.63, 3.8) is 0 Å². The second-order valence-corrected chi connectivity index (χ2v) is 7.65. The summed E-state index contributed by atoms with van der Waals surface area (Å²) < 4.78 is 26.3. The van der Waals surface area contributed by atoms with E-state index in [1.54, 1.807) is 31.2 Å². The highest BCUT2D eigenvalue weighted by Crippen LogP contribution is 2.21. The van der Waals surface area contributed by atoms with Gasteiger partial charge in [-0.15, -0.1) is 0 Å². The number of nitrogens with zero attached hydrogens (tertiary/aromatic N) is 1. The molecule has 1 amide bonds. The summed E-state index contributed by atoms with van der Waals surface area (Å²) in [6.45, 7) is 3.34. The van der Waals surface area contributed by atoms with E-state index in [2.05, 4.69) is 5.32 Å². The summed E-state index contributed by atoms with van der Waals surface area (Å²) in [5.41, 5.74) is 6.42. The SMILES string of the molecule is CC(N)CC(=O)NCc1ccc(S(=O)(=O)N2CCCC2)cc1. The zero-order valence-corrected chi connectivity index (χ0v) is 13.6. The van der Waals surface area contributed by atoms with Gasteiger partial charge >= 0.3 is 0 Å². The van der Waals surface area contributed by atoms with Crippen molar-refractivity contribution in [2.75, 3.05) is 13.1 Å². The third-order valence-corrected chi connectivity index (χ3v) is 5.54. The fourth-order valence-electron chi connectivity index (χ4n) is 2.42. The normalized spacial score (nSPS) is 17.4. The minimum atomic E-state index is -3.37. The van der Waals surface area contributed by atoms with Crippen LogP contribution in [0.15, 0.2) is 29.2 Å². The Morgan fingerprint density at radius 3 is 2.41 bits per heavy atom. The molecule has 0 aliphatic carbocycles. The maximum atomic E-state index is 12.4. The van der Waals surface area contributed by atoms with Crippen LogP contribution in [0.4, 0.5) is 0 Å². The Balaban J connectivity index is 1.97. The largest absolute Gasteiger partial charge is 0.352 e. The third-order valence-electron chi connectivity index (χ3n) is 3.62.